The van der Waals surface area contributed by atoms with Gasteiger partial charge >= 0.3 is 0 Å². The van der Waals surface area contributed by atoms with Crippen LogP contribution in [-0.4, -0.2) is 39.3 Å². The lowest BCUT2D eigenvalue weighted by atomic mass is 10.2. The summed E-state index contributed by atoms with van der Waals surface area (Å²) in [5.74, 6) is 1.53. The Bertz CT molecular complexity index is 1240. The van der Waals surface area contributed by atoms with Crippen LogP contribution in [-0.2, 0) is 0 Å². The second kappa shape index (κ2) is 7.73. The van der Waals surface area contributed by atoms with Gasteiger partial charge in [0.25, 0.3) is 0 Å². The average Bonchev–Trinajstić information content (AvgIpc) is 3.38. The number of fused-ring (bicyclic) bond motifs is 1. The molecule has 0 radical (unpaired) electrons. The maximum absolute atomic E-state index is 14.7. The number of hydrogen-bond donors (Lipinski definition) is 4. The van der Waals surface area contributed by atoms with Gasteiger partial charge in [0.05, 0.1) is 18.3 Å². The van der Waals surface area contributed by atoms with Gasteiger partial charge in [-0.15, -0.1) is 0 Å². The minimum Gasteiger partial charge on any atom is -0.454 e. The predicted molar refractivity (Wildman–Crippen MR) is 116 cm³/mol. The highest BCUT2D eigenvalue weighted by molar-refractivity contribution is 5.79. The van der Waals surface area contributed by atoms with E-state index in [0.29, 0.717) is 23.3 Å². The van der Waals surface area contributed by atoms with Crippen LogP contribution < -0.4 is 26.4 Å². The fourth-order valence-corrected chi connectivity index (χ4v) is 3.64. The molecule has 7 N–H and O–H groups in total. The van der Waals surface area contributed by atoms with Crippen molar-refractivity contribution >= 4 is 34.2 Å². The normalized spacial score (nSPS) is 16.1. The highest BCUT2D eigenvalue weighted by atomic mass is 19.1. The van der Waals surface area contributed by atoms with E-state index < -0.39 is 5.82 Å². The van der Waals surface area contributed by atoms with Crippen LogP contribution in [0.4, 0.5) is 27.7 Å². The number of quaternary nitrogens is 1. The zero-order valence-corrected chi connectivity index (χ0v) is 16.7. The van der Waals surface area contributed by atoms with Crippen LogP contribution in [0.5, 0.6) is 11.5 Å². The zero-order chi connectivity index (χ0) is 21.4. The molecule has 0 saturated carbocycles. The lowest BCUT2D eigenvalue weighted by Crippen LogP contribution is -2.61. The lowest BCUT2D eigenvalue weighted by Gasteiger charge is -2.17. The molecular weight excluding hydrogens is 399 g/mol. The second-order valence-electron chi connectivity index (χ2n) is 7.56. The fourth-order valence-electron chi connectivity index (χ4n) is 3.64. The molecule has 0 aliphatic carbocycles. The molecule has 1 aliphatic rings. The number of aromatic amines is 1. The Balaban J connectivity index is 1.33. The van der Waals surface area contributed by atoms with Crippen LogP contribution in [0.3, 0.4) is 0 Å². The Labute approximate surface area is 177 Å². The van der Waals surface area contributed by atoms with Crippen molar-refractivity contribution in [3.63, 3.8) is 0 Å². The van der Waals surface area contributed by atoms with Crippen LogP contribution in [0, 0.1) is 5.82 Å². The fraction of sp³-hybridized carbons (Fsp3) is 0.190. The van der Waals surface area contributed by atoms with Gasteiger partial charge in [0, 0.05) is 36.2 Å². The van der Waals surface area contributed by atoms with Crippen LogP contribution in [0.1, 0.15) is 6.42 Å². The monoisotopic (exact) mass is 421 g/mol. The van der Waals surface area contributed by atoms with Gasteiger partial charge in [-0.3, -0.25) is 5.10 Å². The molecule has 1 fully saturated rings. The van der Waals surface area contributed by atoms with Crippen molar-refractivity contribution in [2.75, 3.05) is 29.0 Å². The molecule has 9 nitrogen and oxygen atoms in total. The van der Waals surface area contributed by atoms with Crippen LogP contribution in [0.2, 0.25) is 0 Å². The van der Waals surface area contributed by atoms with E-state index in [9.17, 15) is 4.39 Å². The minimum absolute atomic E-state index is 0.120. The molecule has 158 valence electrons. The van der Waals surface area contributed by atoms with Crippen LogP contribution in [0.25, 0.3) is 10.9 Å². The number of ether oxygens (including phenoxy) is 1. The smallest absolute Gasteiger partial charge is 0.223 e. The largest absolute Gasteiger partial charge is 0.454 e. The number of nitrogens with one attached hydrogen (secondary N) is 2. The molecule has 4 aromatic rings. The third-order valence-corrected chi connectivity index (χ3v) is 5.18. The Morgan fingerprint density at radius 3 is 2.90 bits per heavy atom. The van der Waals surface area contributed by atoms with Gasteiger partial charge in [-0.05, 0) is 30.3 Å². The number of benzene rings is 2. The van der Waals surface area contributed by atoms with Gasteiger partial charge in [-0.25, -0.2) is 4.39 Å². The minimum atomic E-state index is -0.501. The molecular formula is C21H22FN8O+. The van der Waals surface area contributed by atoms with Crippen molar-refractivity contribution in [2.24, 2.45) is 0 Å². The van der Waals surface area contributed by atoms with E-state index in [2.05, 4.69) is 36.1 Å². The lowest BCUT2D eigenvalue weighted by molar-refractivity contribution is -0.412. The molecule has 0 spiro atoms. The maximum Gasteiger partial charge on any atom is 0.223 e. The first kappa shape index (κ1) is 19.1. The van der Waals surface area contributed by atoms with Gasteiger partial charge in [-0.2, -0.15) is 15.1 Å². The summed E-state index contributed by atoms with van der Waals surface area (Å²) in [7, 11) is 0. The number of H-pyrrole nitrogens is 1. The van der Waals surface area contributed by atoms with Crippen molar-refractivity contribution in [3.8, 4) is 11.5 Å². The summed E-state index contributed by atoms with van der Waals surface area (Å²) in [4.78, 5) is 10.6. The van der Waals surface area contributed by atoms with Gasteiger partial charge in [0.2, 0.25) is 5.95 Å². The van der Waals surface area contributed by atoms with E-state index in [1.807, 2.05) is 6.07 Å². The molecule has 1 unspecified atom stereocenters. The summed E-state index contributed by atoms with van der Waals surface area (Å²) < 4.78 is 20.4. The molecule has 31 heavy (non-hydrogen) atoms. The Hall–Kier alpha value is -3.92. The van der Waals surface area contributed by atoms with E-state index >= 15 is 0 Å². The van der Waals surface area contributed by atoms with Crippen molar-refractivity contribution in [1.82, 2.24) is 20.2 Å². The van der Waals surface area contributed by atoms with E-state index in [1.54, 1.807) is 36.5 Å². The van der Waals surface area contributed by atoms with Gasteiger partial charge in [0.15, 0.2) is 11.6 Å². The average molecular weight is 421 g/mol. The zero-order valence-electron chi connectivity index (χ0n) is 16.7. The summed E-state index contributed by atoms with van der Waals surface area (Å²) >= 11 is 0. The summed E-state index contributed by atoms with van der Waals surface area (Å²) in [6.45, 7) is 1.69. The van der Waals surface area contributed by atoms with E-state index in [4.69, 9.17) is 10.5 Å². The SMILES string of the molecule is Nc1nc(Nc2ccc(Oc3ccc4[nH]ncc4c3)c(F)c2)cc(N2CCC([NH3+])C2)n1. The number of halogens is 1. The summed E-state index contributed by atoms with van der Waals surface area (Å²) in [5.41, 5.74) is 11.4. The quantitative estimate of drug-likeness (QED) is 0.389. The Kier molecular flexibility index (Phi) is 4.75. The first-order chi connectivity index (χ1) is 15.0. The number of nitrogens with zero attached hydrogens (tertiary/aromatic N) is 4. The number of nitrogen functional groups attached to an aromatic ring is 1. The number of hydrogen-bond acceptors (Lipinski definition) is 7. The van der Waals surface area contributed by atoms with E-state index in [1.165, 1.54) is 6.07 Å². The number of rotatable bonds is 5. The standard InChI is InChI=1S/C21H21FN8O/c22-16-8-14(1-4-18(16)31-15-2-3-17-12(7-15)10-25-29-17)26-19-9-20(28-21(24)27-19)30-6-5-13(23)11-30/h1-4,7-10,13H,5-6,11,23H2,(H,25,29)(H3,24,26,27,28)/p+1. The van der Waals surface area contributed by atoms with E-state index in [-0.39, 0.29) is 11.7 Å². The Morgan fingerprint density at radius 1 is 1.19 bits per heavy atom. The first-order valence-corrected chi connectivity index (χ1v) is 9.94. The molecule has 3 heterocycles. The van der Waals surface area contributed by atoms with Crippen molar-refractivity contribution in [2.45, 2.75) is 12.5 Å². The molecule has 0 amide bonds. The third-order valence-electron chi connectivity index (χ3n) is 5.18. The molecule has 1 saturated heterocycles. The molecule has 2 aromatic heterocycles. The van der Waals surface area contributed by atoms with Crippen molar-refractivity contribution in [3.05, 3.63) is 54.5 Å². The third kappa shape index (κ3) is 4.05. The van der Waals surface area contributed by atoms with Crippen LogP contribution in [0.15, 0.2) is 48.7 Å². The molecule has 1 aliphatic heterocycles. The first-order valence-electron chi connectivity index (χ1n) is 9.94. The molecule has 0 bridgehead atoms. The molecule has 10 heteroatoms. The number of nitrogens with two attached hydrogens (primary N) is 1. The summed E-state index contributed by atoms with van der Waals surface area (Å²) in [6, 6.07) is 12.2. The summed E-state index contributed by atoms with van der Waals surface area (Å²) in [6.07, 6.45) is 2.69. The highest BCUT2D eigenvalue weighted by Gasteiger charge is 2.23. The Morgan fingerprint density at radius 2 is 2.10 bits per heavy atom. The molecule has 5 rings (SSSR count). The topological polar surface area (TPSA) is 133 Å². The van der Waals surface area contributed by atoms with Gasteiger partial charge in [-0.1, -0.05) is 0 Å². The van der Waals surface area contributed by atoms with E-state index in [0.717, 1.165) is 36.2 Å². The molecule has 2 aromatic carbocycles. The van der Waals surface area contributed by atoms with Gasteiger partial charge < -0.3 is 26.4 Å². The molecule has 1 atom stereocenters. The van der Waals surface area contributed by atoms with Crippen molar-refractivity contribution < 1.29 is 14.9 Å². The predicted octanol–water partition coefficient (Wildman–Crippen LogP) is 2.43. The highest BCUT2D eigenvalue weighted by Crippen LogP contribution is 2.30. The van der Waals surface area contributed by atoms with Crippen molar-refractivity contribution in [1.29, 1.82) is 0 Å². The maximum atomic E-state index is 14.7. The van der Waals surface area contributed by atoms with Gasteiger partial charge in [0.1, 0.15) is 23.4 Å². The summed E-state index contributed by atoms with van der Waals surface area (Å²) in [5, 5.41) is 10.8. The number of aromatic nitrogens is 4. The second-order valence-corrected chi connectivity index (χ2v) is 7.56. The number of anilines is 4. The van der Waals surface area contributed by atoms with Crippen LogP contribution >= 0.6 is 0 Å².